The molecule has 7 unspecified atom stereocenters. The van der Waals surface area contributed by atoms with Gasteiger partial charge in [-0.15, -0.1) is 0 Å². The normalized spacial score (nSPS) is 17.4. The number of ether oxygens (including phenoxy) is 6. The molecule has 0 aromatic rings. The largest absolute Gasteiger partial charge is 0.481 e. The minimum atomic E-state index is -1.54. The van der Waals surface area contributed by atoms with Crippen LogP contribution in [-0.4, -0.2) is 144 Å². The summed E-state index contributed by atoms with van der Waals surface area (Å²) in [5, 5.41) is 59.2. The number of aliphatic hydroxyl groups is 5. The van der Waals surface area contributed by atoms with Crippen molar-refractivity contribution in [3.63, 3.8) is 0 Å². The van der Waals surface area contributed by atoms with Crippen LogP contribution in [0.3, 0.4) is 0 Å². The molecule has 0 rings (SSSR count). The number of esters is 5. The standard InChI is InChI=1S/C38H66O18/c1-11-36(8,31(48)56-20-28(44)17-52-24(3)40)22-35(6,7)30(47)53-18-26(42)14-51-15-27(43)19-55-32(49)37(9,12-2)23-38(10,21-34(4,5)29(45)46)33(50)54-16-25(41)13-39/h25-28,39,41-44H,11-23H2,1-10H3,(H,45,46). The van der Waals surface area contributed by atoms with Crippen LogP contribution in [0.15, 0.2) is 0 Å². The molecule has 56 heavy (non-hydrogen) atoms. The van der Waals surface area contributed by atoms with Gasteiger partial charge in [0.1, 0.15) is 57.5 Å². The molecule has 6 N–H and O–H groups in total. The second-order valence-corrected chi connectivity index (χ2v) is 16.5. The van der Waals surface area contributed by atoms with Gasteiger partial charge in [0.15, 0.2) is 0 Å². The van der Waals surface area contributed by atoms with E-state index in [1.54, 1.807) is 34.6 Å². The highest BCUT2D eigenvalue weighted by Gasteiger charge is 2.50. The molecule has 0 radical (unpaired) electrons. The minimum Gasteiger partial charge on any atom is -0.481 e. The average Bonchev–Trinajstić information content (AvgIpc) is 3.11. The van der Waals surface area contributed by atoms with Gasteiger partial charge < -0.3 is 59.1 Å². The Hall–Kier alpha value is -3.42. The number of aliphatic carboxylic acids is 1. The Bertz CT molecular complexity index is 1300. The predicted octanol–water partition coefficient (Wildman–Crippen LogP) is 1.32. The number of carboxylic acid groups (broad SMARTS) is 1. The van der Waals surface area contributed by atoms with E-state index >= 15 is 0 Å². The summed E-state index contributed by atoms with van der Waals surface area (Å²) in [5.74, 6) is -4.84. The van der Waals surface area contributed by atoms with E-state index in [2.05, 4.69) is 4.74 Å². The molecule has 0 aliphatic heterocycles. The highest BCUT2D eigenvalue weighted by molar-refractivity contribution is 5.82. The maximum atomic E-state index is 13.3. The number of carbonyl (C=O) groups excluding carboxylic acids is 5. The van der Waals surface area contributed by atoms with Crippen molar-refractivity contribution in [1.29, 1.82) is 0 Å². The zero-order valence-electron chi connectivity index (χ0n) is 34.6. The molecule has 0 fully saturated rings. The van der Waals surface area contributed by atoms with Crippen molar-refractivity contribution in [3.8, 4) is 0 Å². The summed E-state index contributed by atoms with van der Waals surface area (Å²) in [6.45, 7) is 11.4. The first-order chi connectivity index (χ1) is 25.6. The second-order valence-electron chi connectivity index (χ2n) is 16.5. The molecular formula is C38H66O18. The third kappa shape index (κ3) is 17.8. The van der Waals surface area contributed by atoms with Gasteiger partial charge in [-0.25, -0.2) is 0 Å². The van der Waals surface area contributed by atoms with Crippen LogP contribution >= 0.6 is 0 Å². The topological polar surface area (TPSA) is 279 Å². The van der Waals surface area contributed by atoms with Gasteiger partial charge in [-0.3, -0.25) is 28.8 Å². The molecule has 0 spiro atoms. The van der Waals surface area contributed by atoms with E-state index in [1.165, 1.54) is 34.6 Å². The second kappa shape index (κ2) is 23.1. The van der Waals surface area contributed by atoms with Crippen LogP contribution in [-0.2, 0) is 57.2 Å². The fraction of sp³-hybridized carbons (Fsp3) is 0.842. The molecule has 18 heteroatoms. The fourth-order valence-corrected chi connectivity index (χ4v) is 6.01. The van der Waals surface area contributed by atoms with Gasteiger partial charge in [0.25, 0.3) is 0 Å². The van der Waals surface area contributed by atoms with Crippen LogP contribution in [0.4, 0.5) is 0 Å². The Balaban J connectivity index is 5.18. The Morgan fingerprint density at radius 1 is 0.482 bits per heavy atom. The van der Waals surface area contributed by atoms with Crippen LogP contribution in [0.2, 0.25) is 0 Å². The Morgan fingerprint density at radius 2 is 0.821 bits per heavy atom. The van der Waals surface area contributed by atoms with Gasteiger partial charge in [-0.05, 0) is 80.6 Å². The third-order valence-corrected chi connectivity index (χ3v) is 9.55. The average molecular weight is 811 g/mol. The Labute approximate surface area is 329 Å². The SMILES string of the molecule is CCC(C)(CC(C)(C)C(=O)OCC(O)COCC(O)COC(=O)C(C)(CC)CC(C)(CC(C)(C)C(=O)O)C(=O)OCC(O)CO)C(=O)OCC(O)COC(C)=O. The van der Waals surface area contributed by atoms with Crippen molar-refractivity contribution in [3.05, 3.63) is 0 Å². The van der Waals surface area contributed by atoms with E-state index in [1.807, 2.05) is 0 Å². The molecule has 0 aromatic carbocycles. The lowest BCUT2D eigenvalue weighted by atomic mass is 9.65. The van der Waals surface area contributed by atoms with Gasteiger partial charge in [0, 0.05) is 6.92 Å². The van der Waals surface area contributed by atoms with Crippen LogP contribution in [0.25, 0.3) is 0 Å². The number of hydrogen-bond acceptors (Lipinski definition) is 17. The van der Waals surface area contributed by atoms with Crippen LogP contribution in [0.1, 0.15) is 101 Å². The van der Waals surface area contributed by atoms with Crippen molar-refractivity contribution < 1.29 is 87.8 Å². The molecule has 18 nitrogen and oxygen atoms in total. The quantitative estimate of drug-likeness (QED) is 0.0480. The van der Waals surface area contributed by atoms with Crippen molar-refractivity contribution in [1.82, 2.24) is 0 Å². The molecule has 0 aromatic heterocycles. The monoisotopic (exact) mass is 810 g/mol. The zero-order valence-corrected chi connectivity index (χ0v) is 34.6. The van der Waals surface area contributed by atoms with Crippen LogP contribution in [0, 0.1) is 27.1 Å². The van der Waals surface area contributed by atoms with Crippen LogP contribution < -0.4 is 0 Å². The molecule has 0 aliphatic carbocycles. The molecule has 0 saturated heterocycles. The first-order valence-corrected chi connectivity index (χ1v) is 18.6. The molecule has 0 heterocycles. The summed E-state index contributed by atoms with van der Waals surface area (Å²) in [5.41, 5.74) is -6.66. The summed E-state index contributed by atoms with van der Waals surface area (Å²) in [6, 6.07) is 0. The molecular weight excluding hydrogens is 744 g/mol. The lowest BCUT2D eigenvalue weighted by Crippen LogP contribution is -2.45. The summed E-state index contributed by atoms with van der Waals surface area (Å²) in [6.07, 6.45) is -5.24. The van der Waals surface area contributed by atoms with Crippen molar-refractivity contribution in [2.45, 2.75) is 126 Å². The molecule has 0 saturated carbocycles. The van der Waals surface area contributed by atoms with E-state index in [4.69, 9.17) is 28.8 Å². The van der Waals surface area contributed by atoms with E-state index in [0.29, 0.717) is 0 Å². The van der Waals surface area contributed by atoms with Gasteiger partial charge >= 0.3 is 35.8 Å². The fourth-order valence-electron chi connectivity index (χ4n) is 6.01. The number of rotatable bonds is 28. The maximum Gasteiger partial charge on any atom is 0.311 e. The zero-order chi connectivity index (χ0) is 43.7. The van der Waals surface area contributed by atoms with Crippen molar-refractivity contribution >= 4 is 35.8 Å². The predicted molar refractivity (Wildman–Crippen MR) is 196 cm³/mol. The lowest BCUT2D eigenvalue weighted by molar-refractivity contribution is -0.171. The van der Waals surface area contributed by atoms with Gasteiger partial charge in [-0.2, -0.15) is 0 Å². The molecule has 0 amide bonds. The molecule has 7 atom stereocenters. The number of aliphatic hydroxyl groups excluding tert-OH is 5. The van der Waals surface area contributed by atoms with E-state index < -0.39 is 120 Å². The third-order valence-electron chi connectivity index (χ3n) is 9.55. The first-order valence-electron chi connectivity index (χ1n) is 18.6. The summed E-state index contributed by atoms with van der Waals surface area (Å²) in [4.78, 5) is 75.2. The molecule has 0 aliphatic rings. The summed E-state index contributed by atoms with van der Waals surface area (Å²) < 4.78 is 31.1. The first kappa shape index (κ1) is 52.6. The minimum absolute atomic E-state index is 0.00119. The summed E-state index contributed by atoms with van der Waals surface area (Å²) >= 11 is 0. The number of hydrogen-bond donors (Lipinski definition) is 6. The van der Waals surface area contributed by atoms with Crippen molar-refractivity contribution in [2.24, 2.45) is 27.1 Å². The lowest BCUT2D eigenvalue weighted by Gasteiger charge is -2.39. The molecule has 0 bridgehead atoms. The van der Waals surface area contributed by atoms with Gasteiger partial charge in [0.05, 0.1) is 46.9 Å². The Kier molecular flexibility index (Phi) is 21.7. The van der Waals surface area contributed by atoms with Gasteiger partial charge in [-0.1, -0.05) is 13.8 Å². The highest BCUT2D eigenvalue weighted by Crippen LogP contribution is 2.45. The molecule has 326 valence electrons. The van der Waals surface area contributed by atoms with E-state index in [9.17, 15) is 54.3 Å². The maximum absolute atomic E-state index is 13.3. The highest BCUT2D eigenvalue weighted by atomic mass is 16.6. The van der Waals surface area contributed by atoms with Gasteiger partial charge in [0.2, 0.25) is 0 Å². The Morgan fingerprint density at radius 3 is 1.21 bits per heavy atom. The van der Waals surface area contributed by atoms with E-state index in [0.717, 1.165) is 0 Å². The van der Waals surface area contributed by atoms with Crippen LogP contribution in [0.5, 0.6) is 0 Å². The van der Waals surface area contributed by atoms with Crippen molar-refractivity contribution in [2.75, 3.05) is 52.9 Å². The smallest absolute Gasteiger partial charge is 0.311 e. The number of carboxylic acids is 1. The number of carbonyl (C=O) groups is 6. The van der Waals surface area contributed by atoms with E-state index in [-0.39, 0.29) is 51.9 Å². The summed E-state index contributed by atoms with van der Waals surface area (Å²) in [7, 11) is 0.